The monoisotopic (exact) mass is 731 g/mol. The fraction of sp³-hybridized carbons (Fsp3) is 0.143. The van der Waals surface area contributed by atoms with Gasteiger partial charge in [0.15, 0.2) is 23.2 Å². The molecule has 0 saturated carbocycles. The number of thiazole rings is 1. The number of halogens is 2. The molecule has 0 aliphatic heterocycles. The zero-order valence-electron chi connectivity index (χ0n) is 25.8. The Morgan fingerprint density at radius 3 is 2.43 bits per heavy atom. The summed E-state index contributed by atoms with van der Waals surface area (Å²) in [5.74, 6) is 0.149. The number of hydrogen-bond acceptors (Lipinski definition) is 8. The third kappa shape index (κ3) is 9.19. The van der Waals surface area contributed by atoms with Gasteiger partial charge in [-0.2, -0.15) is 5.10 Å². The molecule has 47 heavy (non-hydrogen) atoms. The van der Waals surface area contributed by atoms with E-state index in [1.807, 2.05) is 80.7 Å². The first kappa shape index (κ1) is 33.6. The molecule has 0 saturated heterocycles. The number of carbonyl (C=O) groups is 2. The number of hydrazone groups is 1. The molecule has 1 aromatic heterocycles. The van der Waals surface area contributed by atoms with Crippen molar-refractivity contribution in [3.8, 4) is 22.8 Å². The van der Waals surface area contributed by atoms with Gasteiger partial charge < -0.3 is 20.1 Å². The summed E-state index contributed by atoms with van der Waals surface area (Å²) in [5.41, 5.74) is 9.14. The first-order valence-corrected chi connectivity index (χ1v) is 16.6. The van der Waals surface area contributed by atoms with Crippen LogP contribution in [-0.4, -0.2) is 36.2 Å². The summed E-state index contributed by atoms with van der Waals surface area (Å²) >= 11 is 11.0. The van der Waals surface area contributed by atoms with Crippen molar-refractivity contribution in [2.45, 2.75) is 20.8 Å². The number of carbonyl (C=O) groups excluding carboxylic acids is 2. The Morgan fingerprint density at radius 2 is 1.70 bits per heavy atom. The van der Waals surface area contributed by atoms with Gasteiger partial charge in [-0.05, 0) is 114 Å². The zero-order valence-corrected chi connectivity index (χ0v) is 28.9. The molecule has 1 heterocycles. The number of aryl methyl sites for hydroxylation is 2. The lowest BCUT2D eigenvalue weighted by Crippen LogP contribution is -2.20. The van der Waals surface area contributed by atoms with Crippen LogP contribution in [0.5, 0.6) is 11.5 Å². The lowest BCUT2D eigenvalue weighted by atomic mass is 10.1. The number of anilines is 3. The van der Waals surface area contributed by atoms with Gasteiger partial charge in [0.2, 0.25) is 0 Å². The van der Waals surface area contributed by atoms with Gasteiger partial charge in [-0.3, -0.25) is 9.59 Å². The minimum atomic E-state index is -0.366. The largest absolute Gasteiger partial charge is 0.490 e. The summed E-state index contributed by atoms with van der Waals surface area (Å²) in [6.07, 6.45) is 1.50. The van der Waals surface area contributed by atoms with Crippen LogP contribution < -0.4 is 25.5 Å². The Balaban J connectivity index is 1.17. The van der Waals surface area contributed by atoms with E-state index in [4.69, 9.17) is 21.1 Å². The molecule has 0 spiro atoms. The molecule has 0 bridgehead atoms. The average molecular weight is 733 g/mol. The van der Waals surface area contributed by atoms with Crippen molar-refractivity contribution in [3.63, 3.8) is 0 Å². The topological polar surface area (TPSA) is 114 Å². The molecule has 5 rings (SSSR count). The highest BCUT2D eigenvalue weighted by atomic mass is 79.9. The van der Waals surface area contributed by atoms with E-state index in [2.05, 4.69) is 42.1 Å². The molecule has 0 radical (unpaired) electrons. The normalized spacial score (nSPS) is 10.9. The summed E-state index contributed by atoms with van der Waals surface area (Å²) in [7, 11) is 0. The predicted molar refractivity (Wildman–Crippen MR) is 193 cm³/mol. The smallest absolute Gasteiger partial charge is 0.271 e. The number of nitrogens with one attached hydrogen (secondary N) is 3. The van der Waals surface area contributed by atoms with Gasteiger partial charge in [0, 0.05) is 32.9 Å². The van der Waals surface area contributed by atoms with Crippen LogP contribution in [0.2, 0.25) is 5.02 Å². The van der Waals surface area contributed by atoms with Crippen LogP contribution in [0.3, 0.4) is 0 Å². The second-order valence-corrected chi connectivity index (χ2v) is 12.5. The molecule has 3 N–H and O–H groups in total. The lowest BCUT2D eigenvalue weighted by Gasteiger charge is -2.15. The molecular weight excluding hydrogens is 702 g/mol. The molecule has 0 aliphatic rings. The molecule has 4 aromatic carbocycles. The average Bonchev–Trinajstić information content (AvgIpc) is 3.52. The van der Waals surface area contributed by atoms with Crippen LogP contribution in [0, 0.1) is 13.8 Å². The predicted octanol–water partition coefficient (Wildman–Crippen LogP) is 8.77. The minimum Gasteiger partial charge on any atom is -0.490 e. The van der Waals surface area contributed by atoms with Crippen molar-refractivity contribution in [3.05, 3.63) is 116 Å². The van der Waals surface area contributed by atoms with Gasteiger partial charge >= 0.3 is 0 Å². The molecule has 0 aliphatic carbocycles. The molecule has 12 heteroatoms. The van der Waals surface area contributed by atoms with Crippen molar-refractivity contribution < 1.29 is 19.1 Å². The van der Waals surface area contributed by atoms with E-state index < -0.39 is 0 Å². The van der Waals surface area contributed by atoms with Crippen molar-refractivity contribution in [2.24, 2.45) is 5.10 Å². The number of benzene rings is 4. The molecular formula is C35H31BrClN5O4S. The van der Waals surface area contributed by atoms with Gasteiger partial charge in [-0.1, -0.05) is 29.8 Å². The second kappa shape index (κ2) is 15.7. The Hall–Kier alpha value is -4.71. The van der Waals surface area contributed by atoms with Crippen LogP contribution in [0.15, 0.2) is 93.8 Å². The number of amides is 2. The van der Waals surface area contributed by atoms with Crippen LogP contribution in [-0.2, 0) is 4.79 Å². The number of rotatable bonds is 12. The fourth-order valence-corrected chi connectivity index (χ4v) is 5.80. The Bertz CT molecular complexity index is 1910. The lowest BCUT2D eigenvalue weighted by molar-refractivity contribution is -0.118. The molecule has 0 fully saturated rings. The minimum absolute atomic E-state index is 0.211. The van der Waals surface area contributed by atoms with Crippen LogP contribution in [0.1, 0.15) is 34.0 Å². The summed E-state index contributed by atoms with van der Waals surface area (Å²) in [6.45, 7) is 6.02. The van der Waals surface area contributed by atoms with E-state index in [0.29, 0.717) is 44.4 Å². The number of hydrogen-bond donors (Lipinski definition) is 3. The van der Waals surface area contributed by atoms with Gasteiger partial charge in [0.05, 0.1) is 23.0 Å². The summed E-state index contributed by atoms with van der Waals surface area (Å²) in [5, 5.41) is 13.6. The van der Waals surface area contributed by atoms with E-state index in [-0.39, 0.29) is 18.4 Å². The van der Waals surface area contributed by atoms with Crippen LogP contribution in [0.25, 0.3) is 11.3 Å². The van der Waals surface area contributed by atoms with Crippen LogP contribution >= 0.6 is 38.9 Å². The number of nitrogens with zero attached hydrogens (tertiary/aromatic N) is 2. The maximum Gasteiger partial charge on any atom is 0.271 e. The van der Waals surface area contributed by atoms with Crippen molar-refractivity contribution in [1.82, 2.24) is 10.4 Å². The standard InChI is InChI=1S/C35H31BrClN5O4S/c1-4-45-31-17-23(16-29(36)33(31)46-19-32(43)39-28-12-5-21(2)22(3)15-28)18-38-42-34(44)25-8-6-24(7-9-25)30-20-47-35(41-30)40-27-13-10-26(37)11-14-27/h5-18,20H,4,19H2,1-3H3,(H,39,43)(H,40,41)(H,42,44)/b38-18-. The molecule has 0 unspecified atom stereocenters. The van der Waals surface area contributed by atoms with Crippen LogP contribution in [0.4, 0.5) is 16.5 Å². The SMILES string of the molecule is CCOc1cc(/C=N\NC(=O)c2ccc(-c3csc(Nc4ccc(Cl)cc4)n3)cc2)cc(Br)c1OCC(=O)Nc1ccc(C)c(C)c1. The first-order chi connectivity index (χ1) is 22.7. The summed E-state index contributed by atoms with van der Waals surface area (Å²) < 4.78 is 12.2. The van der Waals surface area contributed by atoms with Gasteiger partial charge in [-0.25, -0.2) is 10.4 Å². The van der Waals surface area contributed by atoms with Crippen molar-refractivity contribution in [2.75, 3.05) is 23.8 Å². The van der Waals surface area contributed by atoms with E-state index in [1.54, 1.807) is 24.3 Å². The van der Waals surface area contributed by atoms with E-state index >= 15 is 0 Å². The van der Waals surface area contributed by atoms with E-state index in [0.717, 1.165) is 33.2 Å². The van der Waals surface area contributed by atoms with Gasteiger partial charge in [-0.15, -0.1) is 11.3 Å². The molecule has 0 atom stereocenters. The number of aromatic nitrogens is 1. The first-order valence-electron chi connectivity index (χ1n) is 14.6. The third-order valence-electron chi connectivity index (χ3n) is 6.89. The quantitative estimate of drug-likeness (QED) is 0.0874. The Morgan fingerprint density at radius 1 is 0.957 bits per heavy atom. The summed E-state index contributed by atoms with van der Waals surface area (Å²) in [4.78, 5) is 30.0. The molecule has 5 aromatic rings. The maximum absolute atomic E-state index is 12.8. The highest BCUT2D eigenvalue weighted by Gasteiger charge is 2.15. The van der Waals surface area contributed by atoms with Gasteiger partial charge in [0.25, 0.3) is 11.8 Å². The fourth-order valence-electron chi connectivity index (χ4n) is 4.36. The molecule has 240 valence electrons. The summed E-state index contributed by atoms with van der Waals surface area (Å²) in [6, 6.07) is 23.7. The Labute approximate surface area is 290 Å². The Kier molecular flexibility index (Phi) is 11.3. The third-order valence-corrected chi connectivity index (χ3v) is 8.49. The van der Waals surface area contributed by atoms with Crippen molar-refractivity contribution in [1.29, 1.82) is 0 Å². The highest BCUT2D eigenvalue weighted by Crippen LogP contribution is 2.36. The van der Waals surface area contributed by atoms with Gasteiger partial charge in [0.1, 0.15) is 0 Å². The highest BCUT2D eigenvalue weighted by molar-refractivity contribution is 9.10. The maximum atomic E-state index is 12.8. The van der Waals surface area contributed by atoms with E-state index in [1.165, 1.54) is 17.6 Å². The van der Waals surface area contributed by atoms with E-state index in [9.17, 15) is 9.59 Å². The molecule has 9 nitrogen and oxygen atoms in total. The second-order valence-electron chi connectivity index (χ2n) is 10.3. The van der Waals surface area contributed by atoms with Crippen molar-refractivity contribution >= 4 is 73.4 Å². The molecule has 2 amide bonds. The zero-order chi connectivity index (χ0) is 33.3. The number of ether oxygens (including phenoxy) is 2.